The predicted octanol–water partition coefficient (Wildman–Crippen LogP) is 1.35. The van der Waals surface area contributed by atoms with Crippen molar-refractivity contribution in [1.29, 1.82) is 0 Å². The van der Waals surface area contributed by atoms with Crippen LogP contribution in [0.5, 0.6) is 5.88 Å². The Morgan fingerprint density at radius 2 is 2.42 bits per heavy atom. The monoisotopic (exact) mass is 230 g/mol. The maximum absolute atomic E-state index is 5.44. The molecule has 0 aliphatic heterocycles. The Hall–Kier alpha value is -0.610. The van der Waals surface area contributed by atoms with E-state index in [2.05, 4.69) is 20.9 Å². The zero-order chi connectivity index (χ0) is 8.97. The topological polar surface area (TPSA) is 48.1 Å². The average molecular weight is 231 g/mol. The molecule has 0 saturated heterocycles. The van der Waals surface area contributed by atoms with E-state index in [9.17, 15) is 0 Å². The van der Waals surface area contributed by atoms with Gasteiger partial charge in [-0.2, -0.15) is 0 Å². The SMILES string of the molecule is COc1cc(CCN)c(Br)cn1. The number of pyridine rings is 1. The fourth-order valence-corrected chi connectivity index (χ4v) is 1.33. The minimum atomic E-state index is 0.627. The van der Waals surface area contributed by atoms with Crippen LogP contribution in [0.3, 0.4) is 0 Å². The molecule has 0 bridgehead atoms. The zero-order valence-electron chi connectivity index (χ0n) is 6.88. The lowest BCUT2D eigenvalue weighted by atomic mass is 10.2. The molecule has 0 amide bonds. The van der Waals surface area contributed by atoms with Crippen molar-refractivity contribution < 1.29 is 4.74 Å². The van der Waals surface area contributed by atoms with Gasteiger partial charge in [-0.25, -0.2) is 4.98 Å². The van der Waals surface area contributed by atoms with Crippen LogP contribution < -0.4 is 10.5 Å². The summed E-state index contributed by atoms with van der Waals surface area (Å²) in [6.45, 7) is 0.631. The van der Waals surface area contributed by atoms with Crippen molar-refractivity contribution in [3.8, 4) is 5.88 Å². The number of nitrogens with two attached hydrogens (primary N) is 1. The maximum atomic E-state index is 5.44. The van der Waals surface area contributed by atoms with Gasteiger partial charge in [-0.15, -0.1) is 0 Å². The highest BCUT2D eigenvalue weighted by molar-refractivity contribution is 9.10. The molecular weight excluding hydrogens is 220 g/mol. The summed E-state index contributed by atoms with van der Waals surface area (Å²) in [5.74, 6) is 0.627. The molecule has 3 nitrogen and oxygen atoms in total. The summed E-state index contributed by atoms with van der Waals surface area (Å²) in [4.78, 5) is 4.03. The van der Waals surface area contributed by atoms with Gasteiger partial charge in [0.1, 0.15) is 0 Å². The third-order valence-electron chi connectivity index (χ3n) is 1.53. The molecule has 1 aromatic heterocycles. The second-order valence-corrected chi connectivity index (χ2v) is 3.21. The summed E-state index contributed by atoms with van der Waals surface area (Å²) in [5.41, 5.74) is 6.57. The molecule has 66 valence electrons. The van der Waals surface area contributed by atoms with E-state index in [4.69, 9.17) is 10.5 Å². The lowest BCUT2D eigenvalue weighted by Crippen LogP contribution is -2.03. The maximum Gasteiger partial charge on any atom is 0.213 e. The van der Waals surface area contributed by atoms with E-state index in [1.807, 2.05) is 6.07 Å². The Morgan fingerprint density at radius 1 is 1.67 bits per heavy atom. The Labute approximate surface area is 80.1 Å². The summed E-state index contributed by atoms with van der Waals surface area (Å²) in [6, 6.07) is 1.89. The van der Waals surface area contributed by atoms with Gasteiger partial charge in [0.25, 0.3) is 0 Å². The first-order valence-corrected chi connectivity index (χ1v) is 4.45. The highest BCUT2D eigenvalue weighted by Crippen LogP contribution is 2.19. The van der Waals surface area contributed by atoms with Crippen LogP contribution in [0.15, 0.2) is 16.7 Å². The summed E-state index contributed by atoms with van der Waals surface area (Å²) in [7, 11) is 1.60. The highest BCUT2D eigenvalue weighted by atomic mass is 79.9. The Kier molecular flexibility index (Phi) is 3.49. The van der Waals surface area contributed by atoms with Gasteiger partial charge in [-0.3, -0.25) is 0 Å². The number of rotatable bonds is 3. The van der Waals surface area contributed by atoms with E-state index in [1.165, 1.54) is 0 Å². The van der Waals surface area contributed by atoms with Gasteiger partial charge in [0.05, 0.1) is 7.11 Å². The van der Waals surface area contributed by atoms with E-state index < -0.39 is 0 Å². The van der Waals surface area contributed by atoms with Crippen LogP contribution in [0.1, 0.15) is 5.56 Å². The molecule has 0 unspecified atom stereocenters. The Balaban J connectivity index is 2.91. The number of ether oxygens (including phenoxy) is 1. The molecule has 1 aromatic rings. The second-order valence-electron chi connectivity index (χ2n) is 2.36. The van der Waals surface area contributed by atoms with Crippen LogP contribution in [0.4, 0.5) is 0 Å². The smallest absolute Gasteiger partial charge is 0.213 e. The Morgan fingerprint density at radius 3 is 3.00 bits per heavy atom. The molecule has 0 spiro atoms. The number of nitrogens with zero attached hydrogens (tertiary/aromatic N) is 1. The van der Waals surface area contributed by atoms with Crippen molar-refractivity contribution in [3.05, 3.63) is 22.3 Å². The number of halogens is 1. The minimum Gasteiger partial charge on any atom is -0.481 e. The molecule has 0 atom stereocenters. The van der Waals surface area contributed by atoms with Crippen LogP contribution in [0, 0.1) is 0 Å². The van der Waals surface area contributed by atoms with Gasteiger partial charge in [-0.05, 0) is 34.5 Å². The van der Waals surface area contributed by atoms with Crippen LogP contribution >= 0.6 is 15.9 Å². The van der Waals surface area contributed by atoms with Gasteiger partial charge in [0, 0.05) is 16.7 Å². The van der Waals surface area contributed by atoms with Crippen molar-refractivity contribution >= 4 is 15.9 Å². The molecule has 12 heavy (non-hydrogen) atoms. The van der Waals surface area contributed by atoms with Crippen molar-refractivity contribution in [2.45, 2.75) is 6.42 Å². The summed E-state index contributed by atoms with van der Waals surface area (Å²) in [6.07, 6.45) is 2.56. The molecule has 0 radical (unpaired) electrons. The van der Waals surface area contributed by atoms with Crippen molar-refractivity contribution in [2.24, 2.45) is 5.73 Å². The molecule has 0 aromatic carbocycles. The van der Waals surface area contributed by atoms with Crippen LogP contribution in [0.2, 0.25) is 0 Å². The standard InChI is InChI=1S/C8H11BrN2O/c1-12-8-4-6(2-3-10)7(9)5-11-8/h4-5H,2-3,10H2,1H3. The molecule has 0 aliphatic carbocycles. The molecule has 0 fully saturated rings. The van der Waals surface area contributed by atoms with Gasteiger partial charge in [0.15, 0.2) is 0 Å². The van der Waals surface area contributed by atoms with Crippen LogP contribution in [-0.2, 0) is 6.42 Å². The summed E-state index contributed by atoms with van der Waals surface area (Å²) >= 11 is 3.39. The van der Waals surface area contributed by atoms with E-state index in [0.29, 0.717) is 12.4 Å². The minimum absolute atomic E-state index is 0.627. The quantitative estimate of drug-likeness (QED) is 0.854. The lowest BCUT2D eigenvalue weighted by molar-refractivity contribution is 0.397. The molecular formula is C8H11BrN2O. The first-order chi connectivity index (χ1) is 5.77. The fraction of sp³-hybridized carbons (Fsp3) is 0.375. The summed E-state index contributed by atoms with van der Waals surface area (Å²) in [5, 5.41) is 0. The third kappa shape index (κ3) is 2.19. The lowest BCUT2D eigenvalue weighted by Gasteiger charge is -2.04. The average Bonchev–Trinajstić information content (AvgIpc) is 2.09. The third-order valence-corrected chi connectivity index (χ3v) is 2.25. The molecule has 0 saturated carbocycles. The van der Waals surface area contributed by atoms with Crippen molar-refractivity contribution in [2.75, 3.05) is 13.7 Å². The number of hydrogen-bond acceptors (Lipinski definition) is 3. The van der Waals surface area contributed by atoms with E-state index in [-0.39, 0.29) is 0 Å². The second kappa shape index (κ2) is 4.42. The number of hydrogen-bond donors (Lipinski definition) is 1. The highest BCUT2D eigenvalue weighted by Gasteiger charge is 2.01. The first kappa shape index (κ1) is 9.48. The molecule has 0 aliphatic rings. The van der Waals surface area contributed by atoms with Crippen LogP contribution in [-0.4, -0.2) is 18.6 Å². The van der Waals surface area contributed by atoms with Crippen LogP contribution in [0.25, 0.3) is 0 Å². The van der Waals surface area contributed by atoms with Gasteiger partial charge in [-0.1, -0.05) is 0 Å². The largest absolute Gasteiger partial charge is 0.481 e. The first-order valence-electron chi connectivity index (χ1n) is 3.66. The summed E-state index contributed by atoms with van der Waals surface area (Å²) < 4.78 is 5.96. The molecule has 1 rings (SSSR count). The molecule has 4 heteroatoms. The van der Waals surface area contributed by atoms with E-state index >= 15 is 0 Å². The van der Waals surface area contributed by atoms with E-state index in [0.717, 1.165) is 16.5 Å². The van der Waals surface area contributed by atoms with Gasteiger partial charge in [0.2, 0.25) is 5.88 Å². The normalized spacial score (nSPS) is 9.92. The van der Waals surface area contributed by atoms with Gasteiger partial charge >= 0.3 is 0 Å². The van der Waals surface area contributed by atoms with Crippen molar-refractivity contribution in [1.82, 2.24) is 4.98 Å². The number of aromatic nitrogens is 1. The van der Waals surface area contributed by atoms with Gasteiger partial charge < -0.3 is 10.5 Å². The Bertz CT molecular complexity index is 265. The van der Waals surface area contributed by atoms with E-state index in [1.54, 1.807) is 13.3 Å². The molecule has 1 heterocycles. The molecule has 2 N–H and O–H groups in total. The predicted molar refractivity (Wildman–Crippen MR) is 51.2 cm³/mol. The fourth-order valence-electron chi connectivity index (χ4n) is 0.917. The zero-order valence-corrected chi connectivity index (χ0v) is 8.47. The number of methoxy groups -OCH3 is 1. The van der Waals surface area contributed by atoms with Crippen molar-refractivity contribution in [3.63, 3.8) is 0 Å².